The zero-order valence-corrected chi connectivity index (χ0v) is 8.60. The maximum atomic E-state index is 6.39. The van der Waals surface area contributed by atoms with Crippen LogP contribution in [0.5, 0.6) is 0 Å². The van der Waals surface area contributed by atoms with Crippen LogP contribution in [-0.4, -0.2) is 12.1 Å². The maximum absolute atomic E-state index is 6.39. The van der Waals surface area contributed by atoms with Crippen molar-refractivity contribution in [1.82, 2.24) is 0 Å². The second kappa shape index (κ2) is 2.35. The van der Waals surface area contributed by atoms with Gasteiger partial charge in [-0.15, -0.1) is 0 Å². The summed E-state index contributed by atoms with van der Waals surface area (Å²) in [5.74, 6) is 5.30. The van der Waals surface area contributed by atoms with Crippen molar-refractivity contribution in [3.8, 4) is 0 Å². The molecule has 0 aromatic rings. The highest BCUT2D eigenvalue weighted by atomic mass is 14.9. The highest BCUT2D eigenvalue weighted by molar-refractivity contribution is 5.17. The molecule has 0 aliphatic heterocycles. The van der Waals surface area contributed by atoms with Gasteiger partial charge in [-0.3, -0.25) is 0 Å². The summed E-state index contributed by atoms with van der Waals surface area (Å²) >= 11 is 0. The lowest BCUT2D eigenvalue weighted by Gasteiger charge is -2.18. The van der Waals surface area contributed by atoms with Gasteiger partial charge in [0.05, 0.1) is 0 Å². The summed E-state index contributed by atoms with van der Waals surface area (Å²) in [7, 11) is 0. The fourth-order valence-electron chi connectivity index (χ4n) is 5.75. The van der Waals surface area contributed by atoms with Crippen LogP contribution in [0.25, 0.3) is 0 Å². The van der Waals surface area contributed by atoms with E-state index in [9.17, 15) is 0 Å². The molecule has 4 aliphatic carbocycles. The molecular formula is C12H20N2. The molecule has 4 aliphatic rings. The third-order valence-corrected chi connectivity index (χ3v) is 6.07. The Morgan fingerprint density at radius 2 is 0.857 bits per heavy atom. The summed E-state index contributed by atoms with van der Waals surface area (Å²) in [6, 6.07) is 1.07. The molecule has 2 unspecified atom stereocenters. The fraction of sp³-hybridized carbons (Fsp3) is 1.00. The standard InChI is InChI=1S/C12H20N2/c13-11-5-1-2-6-9(5)10-7(11)3-4-8(10)12(6)14/h5-12H,1-4,13-14H2/t5-,6+,7-,8+,9?,10?,11?,12?. The van der Waals surface area contributed by atoms with E-state index in [2.05, 4.69) is 0 Å². The third kappa shape index (κ3) is 0.674. The minimum Gasteiger partial charge on any atom is -0.327 e. The van der Waals surface area contributed by atoms with Crippen LogP contribution in [0.4, 0.5) is 0 Å². The SMILES string of the molecule is NC1[C@H]2CC[C@H]3C(N)[C@@H]4CC[C@H]1C4C23. The Hall–Kier alpha value is -0.0800. The molecule has 0 spiro atoms. The Morgan fingerprint density at radius 3 is 1.14 bits per heavy atom. The first-order chi connectivity index (χ1) is 6.79. The molecule has 2 heteroatoms. The molecule has 0 amide bonds. The molecule has 4 saturated carbocycles. The predicted octanol–water partition coefficient (Wildman–Crippen LogP) is 0.953. The summed E-state index contributed by atoms with van der Waals surface area (Å²) in [5, 5.41) is 0. The third-order valence-electron chi connectivity index (χ3n) is 6.07. The summed E-state index contributed by atoms with van der Waals surface area (Å²) in [5.41, 5.74) is 12.8. The second-order valence-electron chi connectivity index (χ2n) is 6.12. The van der Waals surface area contributed by atoms with E-state index in [-0.39, 0.29) is 0 Å². The van der Waals surface area contributed by atoms with Gasteiger partial charge in [-0.1, -0.05) is 0 Å². The van der Waals surface area contributed by atoms with Crippen molar-refractivity contribution in [3.05, 3.63) is 0 Å². The van der Waals surface area contributed by atoms with Gasteiger partial charge in [-0.2, -0.15) is 0 Å². The Labute approximate surface area is 85.4 Å². The second-order valence-corrected chi connectivity index (χ2v) is 6.12. The zero-order valence-electron chi connectivity index (χ0n) is 8.60. The number of hydrogen-bond donors (Lipinski definition) is 2. The fourth-order valence-corrected chi connectivity index (χ4v) is 5.75. The monoisotopic (exact) mass is 192 g/mol. The molecule has 0 bridgehead atoms. The number of rotatable bonds is 0. The van der Waals surface area contributed by atoms with Crippen LogP contribution < -0.4 is 11.5 Å². The molecule has 2 nitrogen and oxygen atoms in total. The van der Waals surface area contributed by atoms with E-state index < -0.39 is 0 Å². The van der Waals surface area contributed by atoms with E-state index in [0.29, 0.717) is 12.1 Å². The van der Waals surface area contributed by atoms with Gasteiger partial charge < -0.3 is 11.5 Å². The minimum absolute atomic E-state index is 0.535. The molecule has 0 aromatic carbocycles. The van der Waals surface area contributed by atoms with Crippen LogP contribution in [0.15, 0.2) is 0 Å². The van der Waals surface area contributed by atoms with E-state index >= 15 is 0 Å². The topological polar surface area (TPSA) is 52.0 Å². The van der Waals surface area contributed by atoms with E-state index in [4.69, 9.17) is 11.5 Å². The van der Waals surface area contributed by atoms with Gasteiger partial charge in [-0.05, 0) is 61.2 Å². The summed E-state index contributed by atoms with van der Waals surface area (Å²) in [6.07, 6.45) is 5.52. The van der Waals surface area contributed by atoms with Crippen molar-refractivity contribution < 1.29 is 0 Å². The Balaban J connectivity index is 1.82. The quantitative estimate of drug-likeness (QED) is 0.600. The smallest absolute Gasteiger partial charge is 0.0101 e. The van der Waals surface area contributed by atoms with Crippen molar-refractivity contribution in [2.24, 2.45) is 47.0 Å². The van der Waals surface area contributed by atoms with Gasteiger partial charge in [0.25, 0.3) is 0 Å². The lowest BCUT2D eigenvalue weighted by atomic mass is 9.90. The Bertz CT molecular complexity index is 225. The van der Waals surface area contributed by atoms with Crippen LogP contribution >= 0.6 is 0 Å². The first kappa shape index (κ1) is 8.12. The van der Waals surface area contributed by atoms with E-state index in [0.717, 1.165) is 35.5 Å². The van der Waals surface area contributed by atoms with Crippen molar-refractivity contribution in [3.63, 3.8) is 0 Å². The lowest BCUT2D eigenvalue weighted by Crippen LogP contribution is -2.34. The molecule has 0 saturated heterocycles. The maximum Gasteiger partial charge on any atom is 0.0101 e. The van der Waals surface area contributed by atoms with Crippen LogP contribution in [0.3, 0.4) is 0 Å². The van der Waals surface area contributed by atoms with Gasteiger partial charge >= 0.3 is 0 Å². The Kier molecular flexibility index (Phi) is 1.37. The minimum atomic E-state index is 0.535. The van der Waals surface area contributed by atoms with Crippen molar-refractivity contribution in [1.29, 1.82) is 0 Å². The summed E-state index contributed by atoms with van der Waals surface area (Å²) in [6.45, 7) is 0. The molecule has 4 N–H and O–H groups in total. The average molecular weight is 192 g/mol. The highest BCUT2D eigenvalue weighted by Crippen LogP contribution is 2.66. The molecule has 0 aromatic heterocycles. The van der Waals surface area contributed by atoms with Gasteiger partial charge in [0.2, 0.25) is 0 Å². The molecule has 6 atom stereocenters. The van der Waals surface area contributed by atoms with Gasteiger partial charge in [0.15, 0.2) is 0 Å². The molecule has 4 rings (SSSR count). The normalized spacial score (nSPS) is 69.0. The van der Waals surface area contributed by atoms with Crippen LogP contribution in [0, 0.1) is 35.5 Å². The average Bonchev–Trinajstić information content (AvgIpc) is 2.83. The Morgan fingerprint density at radius 1 is 0.571 bits per heavy atom. The molecule has 0 heterocycles. The van der Waals surface area contributed by atoms with Gasteiger partial charge in [-0.25, -0.2) is 0 Å². The van der Waals surface area contributed by atoms with E-state index in [1.807, 2.05) is 0 Å². The predicted molar refractivity (Wildman–Crippen MR) is 55.4 cm³/mol. The first-order valence-electron chi connectivity index (χ1n) is 6.30. The molecule has 4 fully saturated rings. The molecular weight excluding hydrogens is 172 g/mol. The number of hydrogen-bond acceptors (Lipinski definition) is 2. The van der Waals surface area contributed by atoms with Crippen molar-refractivity contribution in [2.45, 2.75) is 37.8 Å². The van der Waals surface area contributed by atoms with Crippen LogP contribution in [-0.2, 0) is 0 Å². The largest absolute Gasteiger partial charge is 0.327 e. The summed E-state index contributed by atoms with van der Waals surface area (Å²) in [4.78, 5) is 0. The van der Waals surface area contributed by atoms with Gasteiger partial charge in [0.1, 0.15) is 0 Å². The highest BCUT2D eigenvalue weighted by Gasteiger charge is 2.65. The lowest BCUT2D eigenvalue weighted by molar-refractivity contribution is 0.322. The zero-order chi connectivity index (χ0) is 9.45. The molecule has 14 heavy (non-hydrogen) atoms. The molecule has 78 valence electrons. The van der Waals surface area contributed by atoms with Crippen molar-refractivity contribution in [2.75, 3.05) is 0 Å². The van der Waals surface area contributed by atoms with Crippen molar-refractivity contribution >= 4 is 0 Å². The van der Waals surface area contributed by atoms with Crippen LogP contribution in [0.1, 0.15) is 25.7 Å². The number of nitrogens with two attached hydrogens (primary N) is 2. The molecule has 0 radical (unpaired) electrons. The van der Waals surface area contributed by atoms with Crippen LogP contribution in [0.2, 0.25) is 0 Å². The van der Waals surface area contributed by atoms with E-state index in [1.54, 1.807) is 0 Å². The van der Waals surface area contributed by atoms with E-state index in [1.165, 1.54) is 25.7 Å². The summed E-state index contributed by atoms with van der Waals surface area (Å²) < 4.78 is 0. The van der Waals surface area contributed by atoms with Gasteiger partial charge in [0, 0.05) is 12.1 Å². The first-order valence-corrected chi connectivity index (χ1v) is 6.30.